The summed E-state index contributed by atoms with van der Waals surface area (Å²) in [5.41, 5.74) is 2.48. The number of allylic oxidation sites excluding steroid dienone is 2. The van der Waals surface area contributed by atoms with Crippen LogP contribution in [0.15, 0.2) is 59.8 Å². The number of amides is 1. The quantitative estimate of drug-likeness (QED) is 0.609. The fourth-order valence-electron chi connectivity index (χ4n) is 4.16. The number of anilines is 1. The number of benzene rings is 2. The zero-order valence-electron chi connectivity index (χ0n) is 15.9. The molecule has 8 nitrogen and oxygen atoms in total. The first-order chi connectivity index (χ1) is 14.4. The number of carboxylic acid groups (broad SMARTS) is 1. The van der Waals surface area contributed by atoms with E-state index < -0.39 is 16.8 Å². The molecule has 1 N–H and O–H groups in total. The second kappa shape index (κ2) is 7.55. The molecule has 2 aromatic rings. The largest absolute Gasteiger partial charge is 0.478 e. The molecule has 0 unspecified atom stereocenters. The zero-order chi connectivity index (χ0) is 21.4. The van der Waals surface area contributed by atoms with E-state index in [0.717, 1.165) is 0 Å². The lowest BCUT2D eigenvalue weighted by atomic mass is 9.77. The third-order valence-electron chi connectivity index (χ3n) is 5.55. The highest BCUT2D eigenvalue weighted by Crippen LogP contribution is 2.43. The van der Waals surface area contributed by atoms with E-state index in [1.165, 1.54) is 29.2 Å². The minimum Gasteiger partial charge on any atom is -0.478 e. The van der Waals surface area contributed by atoms with Gasteiger partial charge in [-0.2, -0.15) is 0 Å². The predicted octanol–water partition coefficient (Wildman–Crippen LogP) is 3.82. The summed E-state index contributed by atoms with van der Waals surface area (Å²) in [5, 5.41) is 20.0. The monoisotopic (exact) mass is 406 g/mol. The Morgan fingerprint density at radius 1 is 1.03 bits per heavy atom. The van der Waals surface area contributed by atoms with Gasteiger partial charge in [0.05, 0.1) is 10.5 Å². The van der Waals surface area contributed by atoms with Crippen LogP contribution in [0.3, 0.4) is 0 Å². The van der Waals surface area contributed by atoms with Gasteiger partial charge >= 0.3 is 5.97 Å². The van der Waals surface area contributed by atoms with Crippen LogP contribution in [0, 0.1) is 10.1 Å². The Kier molecular flexibility index (Phi) is 4.91. The van der Waals surface area contributed by atoms with E-state index in [1.54, 1.807) is 24.3 Å². The van der Waals surface area contributed by atoms with Gasteiger partial charge in [-0.25, -0.2) is 4.79 Å². The van der Waals surface area contributed by atoms with E-state index >= 15 is 0 Å². The molecule has 1 amide bonds. The molecule has 0 saturated heterocycles. The molecule has 0 radical (unpaired) electrons. The fourth-order valence-corrected chi connectivity index (χ4v) is 4.16. The summed E-state index contributed by atoms with van der Waals surface area (Å²) in [6, 6.07) is 11.9. The summed E-state index contributed by atoms with van der Waals surface area (Å²) in [5.74, 6) is -1.73. The summed E-state index contributed by atoms with van der Waals surface area (Å²) >= 11 is 0. The number of rotatable bonds is 4. The van der Waals surface area contributed by atoms with Crippen LogP contribution >= 0.6 is 0 Å². The number of non-ortho nitro benzene ring substituents is 1. The highest BCUT2D eigenvalue weighted by Gasteiger charge is 2.39. The number of carbonyl (C=O) groups is 3. The Bertz CT molecular complexity index is 1090. The number of nitrogens with zero attached hydrogens (tertiary/aromatic N) is 2. The normalized spacial score (nSPS) is 18.9. The molecular weight excluding hydrogens is 388 g/mol. The average Bonchev–Trinajstić information content (AvgIpc) is 2.73. The van der Waals surface area contributed by atoms with Gasteiger partial charge in [0.2, 0.25) is 5.91 Å². The van der Waals surface area contributed by atoms with Crippen LogP contribution in [0.25, 0.3) is 0 Å². The summed E-state index contributed by atoms with van der Waals surface area (Å²) in [7, 11) is 0. The Hall–Kier alpha value is -3.81. The van der Waals surface area contributed by atoms with Crippen LogP contribution in [0.4, 0.5) is 11.4 Å². The van der Waals surface area contributed by atoms with Crippen molar-refractivity contribution in [3.63, 3.8) is 0 Å². The molecule has 2 aliphatic rings. The molecule has 0 spiro atoms. The Balaban J connectivity index is 1.78. The van der Waals surface area contributed by atoms with Crippen LogP contribution < -0.4 is 4.90 Å². The van der Waals surface area contributed by atoms with Crippen LogP contribution in [-0.2, 0) is 9.59 Å². The molecule has 1 aliphatic carbocycles. The van der Waals surface area contributed by atoms with Gasteiger partial charge in [0.15, 0.2) is 5.78 Å². The molecule has 0 aromatic heterocycles. The molecule has 0 saturated carbocycles. The highest BCUT2D eigenvalue weighted by atomic mass is 16.6. The van der Waals surface area contributed by atoms with E-state index in [2.05, 4.69) is 0 Å². The van der Waals surface area contributed by atoms with E-state index in [-0.39, 0.29) is 29.4 Å². The Morgan fingerprint density at radius 2 is 1.70 bits per heavy atom. The summed E-state index contributed by atoms with van der Waals surface area (Å²) in [4.78, 5) is 49.0. The van der Waals surface area contributed by atoms with Gasteiger partial charge in [-0.3, -0.25) is 24.6 Å². The molecule has 30 heavy (non-hydrogen) atoms. The van der Waals surface area contributed by atoms with Crippen molar-refractivity contribution < 1.29 is 24.4 Å². The zero-order valence-corrected chi connectivity index (χ0v) is 15.9. The van der Waals surface area contributed by atoms with Crippen molar-refractivity contribution in [2.45, 2.75) is 31.6 Å². The topological polar surface area (TPSA) is 118 Å². The van der Waals surface area contributed by atoms with E-state index in [9.17, 15) is 24.5 Å². The fraction of sp³-hybridized carbons (Fsp3) is 0.227. The first-order valence-electron chi connectivity index (χ1n) is 9.53. The Morgan fingerprint density at radius 3 is 2.30 bits per heavy atom. The molecule has 152 valence electrons. The van der Waals surface area contributed by atoms with Crippen molar-refractivity contribution in [2.75, 3.05) is 4.90 Å². The van der Waals surface area contributed by atoms with Crippen molar-refractivity contribution in [3.8, 4) is 0 Å². The molecule has 0 fully saturated rings. The first kappa shape index (κ1) is 19.5. The summed E-state index contributed by atoms with van der Waals surface area (Å²) in [6.45, 7) is 0. The van der Waals surface area contributed by atoms with Crippen molar-refractivity contribution in [3.05, 3.63) is 81.0 Å². The number of hydrogen-bond acceptors (Lipinski definition) is 5. The van der Waals surface area contributed by atoms with Crippen LogP contribution in [0.2, 0.25) is 0 Å². The third kappa shape index (κ3) is 3.36. The number of hydrogen-bond donors (Lipinski definition) is 1. The van der Waals surface area contributed by atoms with E-state index in [0.29, 0.717) is 41.8 Å². The van der Waals surface area contributed by atoms with Crippen molar-refractivity contribution in [1.82, 2.24) is 0 Å². The molecule has 2 aromatic carbocycles. The average molecular weight is 406 g/mol. The van der Waals surface area contributed by atoms with Crippen LogP contribution in [0.1, 0.15) is 47.5 Å². The van der Waals surface area contributed by atoms with Crippen LogP contribution in [0.5, 0.6) is 0 Å². The minimum atomic E-state index is -1.06. The third-order valence-corrected chi connectivity index (χ3v) is 5.55. The van der Waals surface area contributed by atoms with Gasteiger partial charge in [-0.1, -0.05) is 12.1 Å². The van der Waals surface area contributed by atoms with Gasteiger partial charge in [-0.15, -0.1) is 0 Å². The van der Waals surface area contributed by atoms with Gasteiger partial charge in [0.1, 0.15) is 0 Å². The smallest absolute Gasteiger partial charge is 0.335 e. The second-order valence-electron chi connectivity index (χ2n) is 7.32. The highest BCUT2D eigenvalue weighted by molar-refractivity contribution is 6.07. The summed E-state index contributed by atoms with van der Waals surface area (Å²) < 4.78 is 0. The molecular formula is C22H18N2O6. The molecule has 1 atom stereocenters. The molecule has 0 bridgehead atoms. The number of aromatic carboxylic acids is 1. The van der Waals surface area contributed by atoms with Gasteiger partial charge in [0.25, 0.3) is 5.69 Å². The number of carboxylic acids is 1. The maximum absolute atomic E-state index is 13.1. The number of ketones is 1. The predicted molar refractivity (Wildman–Crippen MR) is 107 cm³/mol. The maximum atomic E-state index is 13.1. The molecule has 1 aliphatic heterocycles. The van der Waals surface area contributed by atoms with Crippen molar-refractivity contribution >= 4 is 29.0 Å². The van der Waals surface area contributed by atoms with Gasteiger partial charge in [-0.05, 0) is 42.7 Å². The van der Waals surface area contributed by atoms with Crippen molar-refractivity contribution in [2.24, 2.45) is 0 Å². The Labute approximate surface area is 171 Å². The lowest BCUT2D eigenvalue weighted by molar-refractivity contribution is -0.384. The number of Topliss-reactive ketones (excluding diaryl/α,β-unsaturated/α-hetero) is 1. The first-order valence-corrected chi connectivity index (χ1v) is 9.53. The molecule has 8 heteroatoms. The van der Waals surface area contributed by atoms with Crippen LogP contribution in [-0.4, -0.2) is 27.7 Å². The maximum Gasteiger partial charge on any atom is 0.335 e. The van der Waals surface area contributed by atoms with Gasteiger partial charge in [0, 0.05) is 47.8 Å². The summed E-state index contributed by atoms with van der Waals surface area (Å²) in [6.07, 6.45) is 1.63. The SMILES string of the molecule is O=C1CCCC2=C1[C@H](c1ccc([N+](=O)[O-])cc1)CC(=O)N2c1ccc(C(=O)O)cc1. The minimum absolute atomic E-state index is 0.0285. The van der Waals surface area contributed by atoms with Gasteiger partial charge < -0.3 is 5.11 Å². The van der Waals surface area contributed by atoms with E-state index in [1.807, 2.05) is 0 Å². The van der Waals surface area contributed by atoms with Crippen molar-refractivity contribution in [1.29, 1.82) is 0 Å². The number of carbonyl (C=O) groups excluding carboxylic acids is 2. The molecule has 4 rings (SSSR count). The lowest BCUT2D eigenvalue weighted by Crippen LogP contribution is -2.40. The van der Waals surface area contributed by atoms with E-state index in [4.69, 9.17) is 5.11 Å². The molecule has 1 heterocycles. The lowest BCUT2D eigenvalue weighted by Gasteiger charge is -2.38. The number of nitro benzene ring substituents is 1. The number of nitro groups is 1. The second-order valence-corrected chi connectivity index (χ2v) is 7.32. The standard InChI is InChI=1S/C22H18N2O6/c25-19-3-1-2-18-21(19)17(13-4-10-16(11-5-13)24(29)30)12-20(26)23(18)15-8-6-14(7-9-15)22(27)28/h4-11,17H,1-3,12H2,(H,27,28)/t17-/m0/s1.